The van der Waals surface area contributed by atoms with E-state index in [2.05, 4.69) is 17.3 Å². The number of aryl methyl sites for hydroxylation is 1. The molecule has 2 bridgehead atoms. The number of fused-ring (bicyclic) bond motifs is 3. The van der Waals surface area contributed by atoms with Crippen LogP contribution in [0.15, 0.2) is 52.0 Å². The van der Waals surface area contributed by atoms with Gasteiger partial charge in [0.15, 0.2) is 0 Å². The maximum atomic E-state index is 13.0. The number of hydrogen-bond acceptors (Lipinski definition) is 6. The molecule has 1 aromatic carbocycles. The summed E-state index contributed by atoms with van der Waals surface area (Å²) in [6.07, 6.45) is 7.79. The van der Waals surface area contributed by atoms with Crippen molar-refractivity contribution in [3.05, 3.63) is 63.9 Å². The molecule has 8 nitrogen and oxygen atoms in total. The number of carbonyl (C=O) groups is 2. The third-order valence-corrected chi connectivity index (χ3v) is 7.45. The predicted octanol–water partition coefficient (Wildman–Crippen LogP) is 3.69. The topological polar surface area (TPSA) is 106 Å². The molecule has 2 heterocycles. The van der Waals surface area contributed by atoms with Crippen LogP contribution in [0.1, 0.15) is 24.2 Å². The zero-order valence-corrected chi connectivity index (χ0v) is 16.7. The number of hydrazone groups is 1. The van der Waals surface area contributed by atoms with E-state index in [0.717, 1.165) is 23.4 Å². The van der Waals surface area contributed by atoms with E-state index < -0.39 is 4.92 Å². The lowest BCUT2D eigenvalue weighted by Gasteiger charge is -2.18. The number of carbonyl (C=O) groups excluding carboxylic acids is 2. The molecule has 2 aromatic rings. The van der Waals surface area contributed by atoms with Crippen LogP contribution in [0.4, 0.5) is 5.69 Å². The number of nitro groups is 1. The summed E-state index contributed by atoms with van der Waals surface area (Å²) in [5.74, 6) is 0.0993. The number of imide groups is 1. The minimum Gasteiger partial charge on any atom is -0.455 e. The van der Waals surface area contributed by atoms with Gasteiger partial charge in [0, 0.05) is 17.7 Å². The van der Waals surface area contributed by atoms with Gasteiger partial charge in [-0.15, -0.1) is 0 Å². The molecule has 3 aliphatic carbocycles. The second-order valence-corrected chi connectivity index (χ2v) is 8.91. The second-order valence-electron chi connectivity index (χ2n) is 8.91. The lowest BCUT2D eigenvalue weighted by atomic mass is 9.85. The van der Waals surface area contributed by atoms with Crippen molar-refractivity contribution in [2.75, 3.05) is 0 Å². The molecule has 4 unspecified atom stereocenters. The molecule has 0 radical (unpaired) electrons. The molecule has 156 valence electrons. The fraction of sp³-hybridized carbons (Fsp3) is 0.348. The van der Waals surface area contributed by atoms with Gasteiger partial charge in [-0.1, -0.05) is 18.2 Å². The summed E-state index contributed by atoms with van der Waals surface area (Å²) in [5, 5.41) is 16.2. The van der Waals surface area contributed by atoms with Crippen LogP contribution in [-0.4, -0.2) is 28.0 Å². The first-order valence-corrected chi connectivity index (χ1v) is 10.4. The molecule has 2 amide bonds. The molecule has 1 spiro atoms. The Morgan fingerprint density at radius 1 is 1.13 bits per heavy atom. The number of furan rings is 1. The van der Waals surface area contributed by atoms with Crippen molar-refractivity contribution in [2.24, 2.45) is 34.2 Å². The third-order valence-electron chi connectivity index (χ3n) is 7.45. The Morgan fingerprint density at radius 2 is 1.81 bits per heavy atom. The Balaban J connectivity index is 1.24. The molecule has 2 saturated carbocycles. The highest BCUT2D eigenvalue weighted by molar-refractivity contribution is 6.07. The maximum Gasteiger partial charge on any atom is 0.270 e. The van der Waals surface area contributed by atoms with Crippen molar-refractivity contribution in [3.63, 3.8) is 0 Å². The highest BCUT2D eigenvalue weighted by Gasteiger charge is 2.73. The molecule has 8 heteroatoms. The van der Waals surface area contributed by atoms with Gasteiger partial charge in [0.2, 0.25) is 0 Å². The average Bonchev–Trinajstić information content (AvgIpc) is 3.03. The summed E-state index contributed by atoms with van der Waals surface area (Å²) in [6, 6.07) is 7.92. The van der Waals surface area contributed by atoms with Gasteiger partial charge >= 0.3 is 0 Å². The minimum atomic E-state index is -0.455. The zero-order valence-electron chi connectivity index (χ0n) is 16.7. The van der Waals surface area contributed by atoms with Crippen molar-refractivity contribution in [3.8, 4) is 11.3 Å². The van der Waals surface area contributed by atoms with E-state index >= 15 is 0 Å². The van der Waals surface area contributed by atoms with E-state index in [1.807, 2.05) is 6.92 Å². The van der Waals surface area contributed by atoms with Crippen LogP contribution in [0.5, 0.6) is 0 Å². The third kappa shape index (κ3) is 2.38. The molecule has 0 N–H and O–H groups in total. The van der Waals surface area contributed by atoms with E-state index in [-0.39, 0.29) is 46.6 Å². The lowest BCUT2D eigenvalue weighted by Crippen LogP contribution is -2.30. The van der Waals surface area contributed by atoms with Crippen LogP contribution in [0.3, 0.4) is 0 Å². The summed E-state index contributed by atoms with van der Waals surface area (Å²) in [4.78, 5) is 36.5. The summed E-state index contributed by atoms with van der Waals surface area (Å²) in [5.41, 5.74) is 1.57. The lowest BCUT2D eigenvalue weighted by molar-refractivity contribution is -0.384. The quantitative estimate of drug-likeness (QED) is 0.248. The number of benzene rings is 1. The van der Waals surface area contributed by atoms with Crippen molar-refractivity contribution in [1.29, 1.82) is 0 Å². The van der Waals surface area contributed by atoms with Gasteiger partial charge in [-0.25, -0.2) is 0 Å². The molecule has 3 fully saturated rings. The number of allylic oxidation sites excluding steroid dienone is 2. The molecule has 4 aliphatic rings. The molecule has 31 heavy (non-hydrogen) atoms. The number of nitro benzene ring substituents is 1. The van der Waals surface area contributed by atoms with Crippen LogP contribution in [0, 0.1) is 46.1 Å². The van der Waals surface area contributed by atoms with Crippen LogP contribution in [0.2, 0.25) is 0 Å². The standard InChI is InChI=1S/C23H19N3O5/c1-12-2-3-13(26(29)30)10-15(12)18-7-4-14(31-18)11-24-25-21(27)19-16-5-6-17(20(19)22(25)28)23(16)8-9-23/h2-7,10-11,16-17,19-20H,8-9H2,1H3/b24-11+. The second kappa shape index (κ2) is 6.00. The fourth-order valence-electron chi connectivity index (χ4n) is 5.85. The highest BCUT2D eigenvalue weighted by Crippen LogP contribution is 2.73. The van der Waals surface area contributed by atoms with E-state index in [1.165, 1.54) is 18.3 Å². The zero-order chi connectivity index (χ0) is 21.5. The first kappa shape index (κ1) is 18.2. The van der Waals surface area contributed by atoms with Gasteiger partial charge < -0.3 is 4.42 Å². The van der Waals surface area contributed by atoms with E-state index in [0.29, 0.717) is 17.1 Å². The van der Waals surface area contributed by atoms with Gasteiger partial charge in [-0.05, 0) is 54.7 Å². The van der Waals surface area contributed by atoms with Crippen molar-refractivity contribution in [2.45, 2.75) is 19.8 Å². The summed E-state index contributed by atoms with van der Waals surface area (Å²) < 4.78 is 5.77. The Morgan fingerprint density at radius 3 is 2.42 bits per heavy atom. The highest BCUT2D eigenvalue weighted by atomic mass is 16.6. The Kier molecular flexibility index (Phi) is 3.53. The maximum absolute atomic E-state index is 13.0. The number of hydrogen-bond donors (Lipinski definition) is 0. The number of rotatable bonds is 4. The van der Waals surface area contributed by atoms with Crippen molar-refractivity contribution in [1.82, 2.24) is 5.01 Å². The summed E-state index contributed by atoms with van der Waals surface area (Å²) in [7, 11) is 0. The summed E-state index contributed by atoms with van der Waals surface area (Å²) >= 11 is 0. The van der Waals surface area contributed by atoms with Crippen molar-refractivity contribution >= 4 is 23.7 Å². The Labute approximate surface area is 177 Å². The van der Waals surface area contributed by atoms with Crippen LogP contribution >= 0.6 is 0 Å². The fourth-order valence-corrected chi connectivity index (χ4v) is 5.85. The first-order chi connectivity index (χ1) is 14.9. The molecule has 6 rings (SSSR count). The number of amides is 2. The summed E-state index contributed by atoms with van der Waals surface area (Å²) in [6.45, 7) is 1.84. The smallest absolute Gasteiger partial charge is 0.270 e. The van der Waals surface area contributed by atoms with E-state index in [1.54, 1.807) is 18.2 Å². The van der Waals surface area contributed by atoms with Crippen LogP contribution < -0.4 is 0 Å². The van der Waals surface area contributed by atoms with E-state index in [4.69, 9.17) is 4.42 Å². The van der Waals surface area contributed by atoms with Gasteiger partial charge in [-0.3, -0.25) is 19.7 Å². The molecule has 1 aromatic heterocycles. The van der Waals surface area contributed by atoms with Crippen molar-refractivity contribution < 1.29 is 18.9 Å². The normalized spacial score (nSPS) is 29.5. The van der Waals surface area contributed by atoms with Gasteiger partial charge in [0.05, 0.1) is 23.0 Å². The Bertz CT molecular complexity index is 1190. The predicted molar refractivity (Wildman–Crippen MR) is 110 cm³/mol. The minimum absolute atomic E-state index is 0.0244. The first-order valence-electron chi connectivity index (χ1n) is 10.4. The van der Waals surface area contributed by atoms with E-state index in [9.17, 15) is 19.7 Å². The molecule has 1 aliphatic heterocycles. The van der Waals surface area contributed by atoms with Gasteiger partial charge in [0.1, 0.15) is 11.5 Å². The Hall–Kier alpha value is -3.55. The molecular weight excluding hydrogens is 398 g/mol. The molecule has 1 saturated heterocycles. The number of nitrogens with zero attached hydrogens (tertiary/aromatic N) is 3. The van der Waals surface area contributed by atoms with Gasteiger partial charge in [-0.2, -0.15) is 10.1 Å². The average molecular weight is 417 g/mol. The molecule has 4 atom stereocenters. The molecular formula is C23H19N3O5. The van der Waals surface area contributed by atoms with Crippen LogP contribution in [-0.2, 0) is 9.59 Å². The van der Waals surface area contributed by atoms with Crippen LogP contribution in [0.25, 0.3) is 11.3 Å². The largest absolute Gasteiger partial charge is 0.455 e. The monoisotopic (exact) mass is 417 g/mol. The number of non-ortho nitro benzene ring substituents is 1. The van der Waals surface area contributed by atoms with Gasteiger partial charge in [0.25, 0.3) is 17.5 Å². The SMILES string of the molecule is Cc1ccc([N+](=O)[O-])cc1-c1ccc(/C=N/N2C(=O)C3C(C2=O)C2C=CC3C23CC3)o1.